The van der Waals surface area contributed by atoms with E-state index in [2.05, 4.69) is 4.99 Å². The van der Waals surface area contributed by atoms with Gasteiger partial charge in [0.05, 0.1) is 5.84 Å². The van der Waals surface area contributed by atoms with Crippen molar-refractivity contribution in [3.05, 3.63) is 23.8 Å². The van der Waals surface area contributed by atoms with Crippen molar-refractivity contribution in [2.45, 2.75) is 6.92 Å². The molecule has 0 rings (SSSR count). The highest BCUT2D eigenvalue weighted by atomic mass is 15.1. The lowest BCUT2D eigenvalue weighted by atomic mass is 9.96. The molecule has 5 heteroatoms. The number of nitrogens with one attached hydrogen (secondary N) is 1. The third kappa shape index (κ3) is 6.05. The van der Waals surface area contributed by atoms with Crippen LogP contribution >= 0.6 is 0 Å². The average Bonchev–Trinajstić information content (AvgIpc) is 2.10. The Morgan fingerprint density at radius 3 is 2.43 bits per heavy atom. The van der Waals surface area contributed by atoms with Gasteiger partial charge in [0.25, 0.3) is 0 Å². The molecule has 0 saturated heterocycles. The predicted octanol–water partition coefficient (Wildman–Crippen LogP) is 0.468. The summed E-state index contributed by atoms with van der Waals surface area (Å²) < 4.78 is 0. The highest BCUT2D eigenvalue weighted by Gasteiger charge is 1.90. The number of amidine groups is 2. The Labute approximate surface area is 86.1 Å². The minimum Gasteiger partial charge on any atom is -0.387 e. The summed E-state index contributed by atoms with van der Waals surface area (Å²) in [6, 6.07) is 0. The largest absolute Gasteiger partial charge is 0.387 e. The summed E-state index contributed by atoms with van der Waals surface area (Å²) in [4.78, 5) is 5.49. The monoisotopic (exact) mass is 190 g/mol. The molecule has 0 aliphatic rings. The molecular weight excluding hydrogens is 175 g/mol. The summed E-state index contributed by atoms with van der Waals surface area (Å²) in [7, 11) is 9.14. The van der Waals surface area contributed by atoms with Gasteiger partial charge in [0.2, 0.25) is 0 Å². The molecule has 0 aliphatic heterocycles. The van der Waals surface area contributed by atoms with Gasteiger partial charge < -0.3 is 10.6 Å². The van der Waals surface area contributed by atoms with Gasteiger partial charge >= 0.3 is 0 Å². The van der Waals surface area contributed by atoms with Gasteiger partial charge in [-0.15, -0.1) is 0 Å². The number of hydrogen-bond acceptors (Lipinski definition) is 2. The molecule has 14 heavy (non-hydrogen) atoms. The maximum Gasteiger partial charge on any atom is 0.120 e. The van der Waals surface area contributed by atoms with Gasteiger partial charge in [-0.2, -0.15) is 0 Å². The number of nitrogens with zero attached hydrogens (tertiary/aromatic N) is 2. The van der Waals surface area contributed by atoms with E-state index >= 15 is 0 Å². The number of likely N-dealkylation sites (N-methyl/N-ethyl adjacent to an activating group) is 1. The summed E-state index contributed by atoms with van der Waals surface area (Å²) in [6.07, 6.45) is 4.65. The Morgan fingerprint density at radius 1 is 1.43 bits per heavy atom. The van der Waals surface area contributed by atoms with Gasteiger partial charge in [0.1, 0.15) is 13.7 Å². The predicted molar refractivity (Wildman–Crippen MR) is 61.7 cm³/mol. The van der Waals surface area contributed by atoms with Gasteiger partial charge in [-0.05, 0) is 13.0 Å². The summed E-state index contributed by atoms with van der Waals surface area (Å²) >= 11 is 0. The fourth-order valence-corrected chi connectivity index (χ4v) is 0.544. The second-order valence-corrected chi connectivity index (χ2v) is 3.01. The van der Waals surface area contributed by atoms with Gasteiger partial charge in [-0.3, -0.25) is 5.41 Å². The highest BCUT2D eigenvalue weighted by Crippen LogP contribution is 1.92. The molecule has 0 aliphatic carbocycles. The number of hydrogen-bond donors (Lipinski definition) is 2. The molecule has 74 valence electrons. The lowest BCUT2D eigenvalue weighted by Gasteiger charge is -2.08. The van der Waals surface area contributed by atoms with Crippen molar-refractivity contribution < 1.29 is 0 Å². The standard InChI is InChI=1S/C9H15BN4/c1-7(11)13-6-8(10)4-5-9(12)14(2)3/h4-6,12H,1-3H3,(H2,11,13)/b5-4+,8-6+,12-9?. The lowest BCUT2D eigenvalue weighted by Crippen LogP contribution is -2.18. The lowest BCUT2D eigenvalue weighted by molar-refractivity contribution is 0.622. The maximum atomic E-state index is 7.45. The Kier molecular flexibility index (Phi) is 5.37. The summed E-state index contributed by atoms with van der Waals surface area (Å²) in [5.41, 5.74) is 5.78. The molecule has 0 bridgehead atoms. The van der Waals surface area contributed by atoms with E-state index in [9.17, 15) is 0 Å². The van der Waals surface area contributed by atoms with E-state index in [1.165, 1.54) is 6.20 Å². The highest BCUT2D eigenvalue weighted by molar-refractivity contribution is 6.23. The summed E-state index contributed by atoms with van der Waals surface area (Å²) in [5, 5.41) is 7.45. The first-order valence-corrected chi connectivity index (χ1v) is 4.13. The molecule has 0 unspecified atom stereocenters. The van der Waals surface area contributed by atoms with Gasteiger partial charge in [0.15, 0.2) is 0 Å². The zero-order valence-corrected chi connectivity index (χ0v) is 8.78. The molecule has 0 aromatic carbocycles. The molecule has 0 aromatic rings. The first kappa shape index (κ1) is 12.5. The molecule has 0 amide bonds. The van der Waals surface area contributed by atoms with E-state index in [0.29, 0.717) is 17.1 Å². The fourth-order valence-electron chi connectivity index (χ4n) is 0.544. The maximum absolute atomic E-state index is 7.45. The van der Waals surface area contributed by atoms with Crippen molar-refractivity contribution in [2.75, 3.05) is 14.1 Å². The van der Waals surface area contributed by atoms with Gasteiger partial charge in [0, 0.05) is 20.3 Å². The van der Waals surface area contributed by atoms with Crippen molar-refractivity contribution in [1.82, 2.24) is 4.90 Å². The van der Waals surface area contributed by atoms with E-state index in [4.69, 9.17) is 19.0 Å². The molecule has 0 atom stereocenters. The topological polar surface area (TPSA) is 65.5 Å². The van der Waals surface area contributed by atoms with E-state index in [1.54, 1.807) is 38.1 Å². The van der Waals surface area contributed by atoms with Crippen molar-refractivity contribution >= 4 is 19.5 Å². The van der Waals surface area contributed by atoms with E-state index in [0.717, 1.165) is 0 Å². The van der Waals surface area contributed by atoms with E-state index < -0.39 is 0 Å². The van der Waals surface area contributed by atoms with Crippen molar-refractivity contribution in [3.63, 3.8) is 0 Å². The van der Waals surface area contributed by atoms with E-state index in [-0.39, 0.29) is 0 Å². The van der Waals surface area contributed by atoms with Crippen LogP contribution < -0.4 is 5.73 Å². The molecule has 0 spiro atoms. The molecule has 2 radical (unpaired) electrons. The first-order valence-electron chi connectivity index (χ1n) is 4.13. The van der Waals surface area contributed by atoms with Crippen LogP contribution in [-0.4, -0.2) is 38.5 Å². The minimum atomic E-state index is 0.370. The van der Waals surface area contributed by atoms with Crippen LogP contribution in [0.15, 0.2) is 28.8 Å². The van der Waals surface area contributed by atoms with Crippen LogP contribution in [0, 0.1) is 5.41 Å². The first-order chi connectivity index (χ1) is 6.43. The molecule has 3 N–H and O–H groups in total. The Balaban J connectivity index is 4.32. The fraction of sp³-hybridized carbons (Fsp3) is 0.333. The number of aliphatic imine (C=N–C) groups is 1. The average molecular weight is 190 g/mol. The van der Waals surface area contributed by atoms with Crippen LogP contribution in [0.4, 0.5) is 0 Å². The smallest absolute Gasteiger partial charge is 0.120 e. The minimum absolute atomic E-state index is 0.370. The summed E-state index contributed by atoms with van der Waals surface area (Å²) in [6.45, 7) is 1.68. The van der Waals surface area contributed by atoms with Gasteiger partial charge in [-0.1, -0.05) is 11.5 Å². The normalized spacial score (nSPS) is 13.4. The van der Waals surface area contributed by atoms with Crippen molar-refractivity contribution in [1.29, 1.82) is 5.41 Å². The second kappa shape index (κ2) is 6.02. The Hall–Kier alpha value is -1.52. The molecule has 0 heterocycles. The molecule has 0 aromatic heterocycles. The van der Waals surface area contributed by atoms with Crippen LogP contribution in [0.2, 0.25) is 0 Å². The summed E-state index contributed by atoms with van der Waals surface area (Å²) in [5.74, 6) is 0.818. The van der Waals surface area contributed by atoms with Gasteiger partial charge in [-0.25, -0.2) is 4.99 Å². The molecular formula is C9H15BN4. The molecule has 4 nitrogen and oxygen atoms in total. The van der Waals surface area contributed by atoms with Crippen molar-refractivity contribution in [2.24, 2.45) is 10.7 Å². The number of allylic oxidation sites excluding steroid dienone is 2. The third-order valence-corrected chi connectivity index (χ3v) is 1.33. The molecule has 0 saturated carbocycles. The quantitative estimate of drug-likeness (QED) is 0.294. The Bertz CT molecular complexity index is 285. The van der Waals surface area contributed by atoms with Crippen LogP contribution in [0.3, 0.4) is 0 Å². The number of rotatable bonds is 3. The van der Waals surface area contributed by atoms with Crippen LogP contribution in [0.25, 0.3) is 0 Å². The van der Waals surface area contributed by atoms with Crippen molar-refractivity contribution in [3.8, 4) is 0 Å². The van der Waals surface area contributed by atoms with Crippen LogP contribution in [0.1, 0.15) is 6.92 Å². The molecule has 0 fully saturated rings. The van der Waals surface area contributed by atoms with E-state index in [1.807, 2.05) is 0 Å². The Morgan fingerprint density at radius 2 is 2.00 bits per heavy atom. The van der Waals surface area contributed by atoms with Crippen LogP contribution in [0.5, 0.6) is 0 Å². The SMILES string of the molecule is [B]C(=C/N=C(C)N)/C=C/C(=N)N(C)C. The third-order valence-electron chi connectivity index (χ3n) is 1.33. The zero-order valence-electron chi connectivity index (χ0n) is 8.78. The van der Waals surface area contributed by atoms with Crippen LogP contribution in [-0.2, 0) is 0 Å². The zero-order chi connectivity index (χ0) is 11.1. The second-order valence-electron chi connectivity index (χ2n) is 3.01. The number of nitrogens with two attached hydrogens (primary N) is 1.